The molecule has 10 N–H and O–H groups in total. The normalized spacial score (nSPS) is 10.9. The van der Waals surface area contributed by atoms with Crippen LogP contribution in [0.15, 0.2) is 16.5 Å². The average molecular weight is 331 g/mol. The van der Waals surface area contributed by atoms with Gasteiger partial charge in [0.25, 0.3) is 0 Å². The van der Waals surface area contributed by atoms with E-state index in [9.17, 15) is 4.79 Å². The Balaban J connectivity index is 4.16. The van der Waals surface area contributed by atoms with E-state index in [4.69, 9.17) is 33.7 Å². The van der Waals surface area contributed by atoms with Crippen LogP contribution in [0.5, 0.6) is 0 Å². The molecular formula is C5H14IN7O2. The van der Waals surface area contributed by atoms with Gasteiger partial charge in [-0.3, -0.25) is 0 Å². The van der Waals surface area contributed by atoms with Gasteiger partial charge in [0.05, 0.1) is 0 Å². The zero-order valence-corrected chi connectivity index (χ0v) is 10.0. The summed E-state index contributed by atoms with van der Waals surface area (Å²) in [4.78, 5) is 14.5. The molecule has 15 heavy (non-hydrogen) atoms. The molecule has 0 aromatic heterocycles. The van der Waals surface area contributed by atoms with Crippen molar-refractivity contribution in [2.75, 3.05) is 4.61 Å². The van der Waals surface area contributed by atoms with Crippen molar-refractivity contribution in [2.24, 2.45) is 34.0 Å². The number of alkyl halides is 1. The van der Waals surface area contributed by atoms with Gasteiger partial charge in [0.2, 0.25) is 0 Å². The molecule has 0 radical (unpaired) electrons. The Labute approximate surface area is 97.0 Å². The Morgan fingerprint density at radius 2 is 1.93 bits per heavy atom. The van der Waals surface area contributed by atoms with Crippen molar-refractivity contribution >= 4 is 12.7 Å². The third-order valence-electron chi connectivity index (χ3n) is 1.07. The van der Waals surface area contributed by atoms with Crippen LogP contribution in [-0.2, 0) is 9.53 Å². The summed E-state index contributed by atoms with van der Waals surface area (Å²) >= 11 is -0.941. The van der Waals surface area contributed by atoms with Crippen molar-refractivity contribution in [2.45, 2.75) is 0 Å². The van der Waals surface area contributed by atoms with Gasteiger partial charge in [0.1, 0.15) is 0 Å². The predicted octanol–water partition coefficient (Wildman–Crippen LogP) is -6.28. The van der Waals surface area contributed by atoms with E-state index in [0.717, 1.165) is 0 Å². The molecule has 0 atom stereocenters. The molecule has 0 bridgehead atoms. The summed E-state index contributed by atoms with van der Waals surface area (Å²) in [7, 11) is 0. The molecule has 0 aliphatic carbocycles. The standard InChI is InChI=1S/C5H14IN7O2/c1-12-3(4(7)8)5(14)15-2-6-13(9,10)11/h1-2,7-11H2. The third kappa shape index (κ3) is 6.19. The summed E-state index contributed by atoms with van der Waals surface area (Å²) in [5.41, 5.74) is 10.1. The van der Waals surface area contributed by atoms with E-state index < -0.39 is 30.5 Å². The average Bonchev–Trinajstić information content (AvgIpc) is 2.01. The molecule has 9 nitrogen and oxygen atoms in total. The molecule has 0 spiro atoms. The van der Waals surface area contributed by atoms with Crippen LogP contribution in [0.1, 0.15) is 0 Å². The Morgan fingerprint density at radius 3 is 2.27 bits per heavy atom. The van der Waals surface area contributed by atoms with Gasteiger partial charge in [-0.15, -0.1) is 0 Å². The maximum atomic E-state index is 11.2. The quantitative estimate of drug-likeness (QED) is 0.0488. The number of esters is 1. The second-order valence-corrected chi connectivity index (χ2v) is 5.34. The second kappa shape index (κ2) is 5.82. The molecule has 0 aromatic rings. The van der Waals surface area contributed by atoms with Gasteiger partial charge in [-0.2, -0.15) is 0 Å². The Kier molecular flexibility index (Phi) is 5.45. The van der Waals surface area contributed by atoms with E-state index in [1.165, 1.54) is 0 Å². The van der Waals surface area contributed by atoms with Crippen molar-refractivity contribution in [1.82, 2.24) is 0 Å². The Morgan fingerprint density at radius 1 is 1.40 bits per heavy atom. The van der Waals surface area contributed by atoms with Crippen molar-refractivity contribution in [3.8, 4) is 0 Å². The SMILES string of the molecule is C=NC(C(=O)OC[I-][N+](N)(N)N)=C(N)N. The molecular weight excluding hydrogens is 317 g/mol. The summed E-state index contributed by atoms with van der Waals surface area (Å²) in [6.07, 6.45) is 0. The molecule has 0 aliphatic heterocycles. The first-order chi connectivity index (χ1) is 6.78. The van der Waals surface area contributed by atoms with Gasteiger partial charge >= 0.3 is 96.8 Å². The molecule has 0 amide bonds. The molecule has 88 valence electrons. The molecule has 0 aliphatic rings. The van der Waals surface area contributed by atoms with Gasteiger partial charge in [0, 0.05) is 0 Å². The molecule has 0 saturated heterocycles. The first-order valence-corrected chi connectivity index (χ1v) is 6.02. The number of halogens is 1. The van der Waals surface area contributed by atoms with Gasteiger partial charge in [0.15, 0.2) is 0 Å². The molecule has 0 saturated carbocycles. The van der Waals surface area contributed by atoms with Gasteiger partial charge in [-0.1, -0.05) is 0 Å². The van der Waals surface area contributed by atoms with E-state index >= 15 is 0 Å². The van der Waals surface area contributed by atoms with E-state index in [-0.39, 0.29) is 16.1 Å². The maximum absolute atomic E-state index is 11.2. The van der Waals surface area contributed by atoms with Gasteiger partial charge in [-0.05, 0) is 0 Å². The monoisotopic (exact) mass is 331 g/mol. The van der Waals surface area contributed by atoms with Crippen molar-refractivity contribution in [1.29, 1.82) is 0 Å². The van der Waals surface area contributed by atoms with Crippen molar-refractivity contribution in [3.63, 3.8) is 0 Å². The summed E-state index contributed by atoms with van der Waals surface area (Å²) in [5, 5.41) is 0. The van der Waals surface area contributed by atoms with Gasteiger partial charge < -0.3 is 0 Å². The molecule has 10 heteroatoms. The van der Waals surface area contributed by atoms with E-state index in [2.05, 4.69) is 11.7 Å². The number of hydrogen-bond acceptors (Lipinski definition) is 8. The van der Waals surface area contributed by atoms with Crippen LogP contribution >= 0.6 is 0 Å². The second-order valence-electron chi connectivity index (χ2n) is 2.36. The van der Waals surface area contributed by atoms with E-state index in [1.807, 2.05) is 0 Å². The molecule has 0 heterocycles. The summed E-state index contributed by atoms with van der Waals surface area (Å²) in [5.74, 6) is 14.7. The number of carbonyl (C=O) groups is 1. The Bertz CT molecular complexity index is 280. The molecule has 0 aromatic carbocycles. The summed E-state index contributed by atoms with van der Waals surface area (Å²) in [6.45, 7) is 3.12. The first-order valence-electron chi connectivity index (χ1n) is 3.52. The fraction of sp³-hybridized carbons (Fsp3) is 0.200. The van der Waals surface area contributed by atoms with Crippen molar-refractivity contribution < 1.29 is 34.0 Å². The summed E-state index contributed by atoms with van der Waals surface area (Å²) < 4.78 is 4.07. The van der Waals surface area contributed by atoms with Crippen LogP contribution in [-0.4, -0.2) is 20.3 Å². The van der Waals surface area contributed by atoms with Crippen LogP contribution in [0.3, 0.4) is 0 Å². The van der Waals surface area contributed by atoms with E-state index in [1.54, 1.807) is 0 Å². The fourth-order valence-corrected chi connectivity index (χ4v) is 1.41. The minimum absolute atomic E-state index is 0.0213. The number of quaternary nitrogens is 1. The Hall–Kier alpha value is -0.950. The fourth-order valence-electron chi connectivity index (χ4n) is 0.501. The third-order valence-corrected chi connectivity index (χ3v) is 2.84. The van der Waals surface area contributed by atoms with Crippen LogP contribution in [0, 0.1) is 0 Å². The minimum atomic E-state index is -0.941. The number of nitrogens with two attached hydrogens (primary N) is 5. The topological polar surface area (TPSA) is 169 Å². The number of ether oxygens (including phenoxy) is 1. The number of rotatable bonds is 5. The van der Waals surface area contributed by atoms with Crippen LogP contribution < -0.4 is 50.5 Å². The zero-order chi connectivity index (χ0) is 12.1. The zero-order valence-electron chi connectivity index (χ0n) is 7.89. The van der Waals surface area contributed by atoms with Gasteiger partial charge in [-0.25, -0.2) is 0 Å². The number of nitrogens with zero attached hydrogens (tertiary/aromatic N) is 2. The predicted molar refractivity (Wildman–Crippen MR) is 48.7 cm³/mol. The van der Waals surface area contributed by atoms with E-state index in [0.29, 0.717) is 0 Å². The van der Waals surface area contributed by atoms with Crippen LogP contribution in [0.4, 0.5) is 0 Å². The van der Waals surface area contributed by atoms with Crippen LogP contribution in [0.2, 0.25) is 0 Å². The molecule has 0 unspecified atom stereocenters. The number of carbonyl (C=O) groups excluding carboxylic acids is 1. The number of hydrogen-bond donors (Lipinski definition) is 5. The summed E-state index contributed by atoms with van der Waals surface area (Å²) in [6, 6.07) is 0. The van der Waals surface area contributed by atoms with Crippen molar-refractivity contribution in [3.05, 3.63) is 11.5 Å². The molecule has 0 fully saturated rings. The number of aliphatic imine (C=N–C) groups is 1. The first kappa shape index (κ1) is 14.1. The van der Waals surface area contributed by atoms with Crippen LogP contribution in [0.25, 0.3) is 0 Å². The molecule has 0 rings (SSSR count).